The lowest BCUT2D eigenvalue weighted by atomic mass is 10.2. The van der Waals surface area contributed by atoms with Crippen molar-refractivity contribution in [3.63, 3.8) is 0 Å². The predicted molar refractivity (Wildman–Crippen MR) is 69.8 cm³/mol. The van der Waals surface area contributed by atoms with Crippen LogP contribution in [0.2, 0.25) is 5.02 Å². The molecule has 0 unspecified atom stereocenters. The molecular formula is C11H16ClNO2S. The molecule has 5 heteroatoms. The summed E-state index contributed by atoms with van der Waals surface area (Å²) in [5.41, 5.74) is 6.49. The third-order valence-corrected chi connectivity index (χ3v) is 2.91. The first-order chi connectivity index (χ1) is 7.72. The summed E-state index contributed by atoms with van der Waals surface area (Å²) in [4.78, 5) is 0. The maximum atomic E-state index is 6.10. The van der Waals surface area contributed by atoms with Crippen molar-refractivity contribution < 1.29 is 9.47 Å². The first-order valence-electron chi connectivity index (χ1n) is 4.91. The number of ether oxygens (including phenoxy) is 2. The lowest BCUT2D eigenvalue weighted by molar-refractivity contribution is 0.313. The number of rotatable bonds is 6. The number of hydrogen-bond acceptors (Lipinski definition) is 4. The molecule has 1 aromatic carbocycles. The molecule has 0 spiro atoms. The first kappa shape index (κ1) is 13.5. The zero-order valence-electron chi connectivity index (χ0n) is 9.46. The van der Waals surface area contributed by atoms with Gasteiger partial charge in [-0.3, -0.25) is 0 Å². The molecule has 1 rings (SSSR count). The summed E-state index contributed by atoms with van der Waals surface area (Å²) < 4.78 is 10.8. The van der Waals surface area contributed by atoms with E-state index in [0.29, 0.717) is 29.7 Å². The van der Waals surface area contributed by atoms with Crippen molar-refractivity contribution in [1.82, 2.24) is 0 Å². The van der Waals surface area contributed by atoms with E-state index < -0.39 is 0 Å². The monoisotopic (exact) mass is 261 g/mol. The van der Waals surface area contributed by atoms with E-state index in [1.54, 1.807) is 24.9 Å². The highest BCUT2D eigenvalue weighted by Gasteiger charge is 2.11. The van der Waals surface area contributed by atoms with Crippen molar-refractivity contribution in [3.05, 3.63) is 22.7 Å². The zero-order chi connectivity index (χ0) is 12.0. The topological polar surface area (TPSA) is 44.5 Å². The Morgan fingerprint density at radius 1 is 1.44 bits per heavy atom. The first-order valence-corrected chi connectivity index (χ1v) is 6.68. The van der Waals surface area contributed by atoms with Crippen LogP contribution in [-0.2, 0) is 6.54 Å². The van der Waals surface area contributed by atoms with Crippen LogP contribution in [0.3, 0.4) is 0 Å². The van der Waals surface area contributed by atoms with Crippen molar-refractivity contribution in [2.75, 3.05) is 25.7 Å². The Morgan fingerprint density at radius 3 is 2.75 bits per heavy atom. The van der Waals surface area contributed by atoms with E-state index in [1.807, 2.05) is 12.3 Å². The molecule has 0 aliphatic carbocycles. The minimum Gasteiger partial charge on any atom is -0.493 e. The molecule has 0 aliphatic rings. The van der Waals surface area contributed by atoms with Crippen LogP contribution in [0, 0.1) is 0 Å². The highest BCUT2D eigenvalue weighted by atomic mass is 35.5. The minimum atomic E-state index is 0.432. The van der Waals surface area contributed by atoms with E-state index in [-0.39, 0.29) is 0 Å². The smallest absolute Gasteiger partial charge is 0.179 e. The van der Waals surface area contributed by atoms with Gasteiger partial charge in [-0.2, -0.15) is 11.8 Å². The van der Waals surface area contributed by atoms with E-state index in [1.165, 1.54) is 0 Å². The Morgan fingerprint density at radius 2 is 2.19 bits per heavy atom. The number of thioether (sulfide) groups is 1. The van der Waals surface area contributed by atoms with Gasteiger partial charge in [-0.05, 0) is 24.0 Å². The van der Waals surface area contributed by atoms with Gasteiger partial charge in [0.1, 0.15) is 0 Å². The quantitative estimate of drug-likeness (QED) is 0.800. The third kappa shape index (κ3) is 3.47. The van der Waals surface area contributed by atoms with Crippen LogP contribution in [0.15, 0.2) is 12.1 Å². The van der Waals surface area contributed by atoms with Crippen molar-refractivity contribution in [1.29, 1.82) is 0 Å². The van der Waals surface area contributed by atoms with Crippen molar-refractivity contribution >= 4 is 23.4 Å². The van der Waals surface area contributed by atoms with Crippen LogP contribution >= 0.6 is 23.4 Å². The largest absolute Gasteiger partial charge is 0.493 e. The molecule has 0 amide bonds. The molecular weight excluding hydrogens is 246 g/mol. The van der Waals surface area contributed by atoms with Crippen LogP contribution in [0.5, 0.6) is 11.5 Å². The molecule has 0 atom stereocenters. The molecule has 0 bridgehead atoms. The number of halogens is 1. The van der Waals surface area contributed by atoms with Gasteiger partial charge >= 0.3 is 0 Å². The standard InChI is InChI=1S/C11H16ClNO2S/c1-14-10-6-8(7-13)5-9(12)11(10)15-3-4-16-2/h5-6H,3-4,7,13H2,1-2H3. The number of benzene rings is 1. The van der Waals surface area contributed by atoms with Crippen LogP contribution in [0.4, 0.5) is 0 Å². The van der Waals surface area contributed by atoms with Gasteiger partial charge in [0, 0.05) is 12.3 Å². The normalized spacial score (nSPS) is 10.2. The zero-order valence-corrected chi connectivity index (χ0v) is 11.0. The lowest BCUT2D eigenvalue weighted by Gasteiger charge is -2.13. The van der Waals surface area contributed by atoms with Gasteiger partial charge in [-0.1, -0.05) is 11.6 Å². The molecule has 0 radical (unpaired) electrons. The Balaban J connectivity index is 2.88. The molecule has 0 aromatic heterocycles. The summed E-state index contributed by atoms with van der Waals surface area (Å²) >= 11 is 7.82. The Labute approximate surface area is 105 Å². The summed E-state index contributed by atoms with van der Waals surface area (Å²) in [6.07, 6.45) is 2.03. The predicted octanol–water partition coefficient (Wildman–Crippen LogP) is 2.55. The van der Waals surface area contributed by atoms with Gasteiger partial charge < -0.3 is 15.2 Å². The van der Waals surface area contributed by atoms with Gasteiger partial charge in [0.15, 0.2) is 11.5 Å². The highest BCUT2D eigenvalue weighted by Crippen LogP contribution is 2.36. The number of methoxy groups -OCH3 is 1. The molecule has 0 aliphatic heterocycles. The van der Waals surface area contributed by atoms with Gasteiger partial charge in [0.2, 0.25) is 0 Å². The van der Waals surface area contributed by atoms with E-state index in [4.69, 9.17) is 26.8 Å². The molecule has 0 heterocycles. The summed E-state index contributed by atoms with van der Waals surface area (Å²) in [5, 5.41) is 0.543. The Kier molecular flexibility index (Phi) is 5.80. The molecule has 16 heavy (non-hydrogen) atoms. The maximum absolute atomic E-state index is 6.10. The molecule has 90 valence electrons. The molecule has 0 saturated heterocycles. The second-order valence-corrected chi connectivity index (χ2v) is 4.55. The van der Waals surface area contributed by atoms with Crippen molar-refractivity contribution in [2.45, 2.75) is 6.54 Å². The Hall–Kier alpha value is -0.580. The van der Waals surface area contributed by atoms with Gasteiger partial charge in [0.05, 0.1) is 18.7 Å². The molecule has 2 N–H and O–H groups in total. The van der Waals surface area contributed by atoms with Crippen molar-refractivity contribution in [3.8, 4) is 11.5 Å². The summed E-state index contributed by atoms with van der Waals surface area (Å²) in [6.45, 7) is 1.04. The minimum absolute atomic E-state index is 0.432. The fraction of sp³-hybridized carbons (Fsp3) is 0.455. The molecule has 1 aromatic rings. The van der Waals surface area contributed by atoms with Gasteiger partial charge in [-0.15, -0.1) is 0 Å². The second-order valence-electron chi connectivity index (χ2n) is 3.15. The average Bonchev–Trinajstić information content (AvgIpc) is 2.30. The van der Waals surface area contributed by atoms with Gasteiger partial charge in [0.25, 0.3) is 0 Å². The number of hydrogen-bond donors (Lipinski definition) is 1. The van der Waals surface area contributed by atoms with E-state index >= 15 is 0 Å². The molecule has 3 nitrogen and oxygen atoms in total. The summed E-state index contributed by atoms with van der Waals surface area (Å²) in [5.74, 6) is 2.14. The van der Waals surface area contributed by atoms with Crippen LogP contribution in [0.1, 0.15) is 5.56 Å². The van der Waals surface area contributed by atoms with E-state index in [0.717, 1.165) is 11.3 Å². The molecule has 0 fully saturated rings. The lowest BCUT2D eigenvalue weighted by Crippen LogP contribution is -2.04. The summed E-state index contributed by atoms with van der Waals surface area (Å²) in [7, 11) is 1.59. The molecule has 0 saturated carbocycles. The average molecular weight is 262 g/mol. The summed E-state index contributed by atoms with van der Waals surface area (Å²) in [6, 6.07) is 3.65. The fourth-order valence-corrected chi connectivity index (χ4v) is 1.80. The maximum Gasteiger partial charge on any atom is 0.179 e. The number of nitrogens with two attached hydrogens (primary N) is 1. The van der Waals surface area contributed by atoms with E-state index in [2.05, 4.69) is 0 Å². The fourth-order valence-electron chi connectivity index (χ4n) is 1.26. The van der Waals surface area contributed by atoms with Crippen LogP contribution < -0.4 is 15.2 Å². The van der Waals surface area contributed by atoms with Crippen LogP contribution in [0.25, 0.3) is 0 Å². The SMILES string of the molecule is COc1cc(CN)cc(Cl)c1OCCSC. The second kappa shape index (κ2) is 6.89. The Bertz CT molecular complexity index is 347. The van der Waals surface area contributed by atoms with E-state index in [9.17, 15) is 0 Å². The third-order valence-electron chi connectivity index (χ3n) is 2.06. The highest BCUT2D eigenvalue weighted by molar-refractivity contribution is 7.98. The van der Waals surface area contributed by atoms with Crippen LogP contribution in [-0.4, -0.2) is 25.7 Å². The van der Waals surface area contributed by atoms with Crippen molar-refractivity contribution in [2.24, 2.45) is 5.73 Å². The van der Waals surface area contributed by atoms with Gasteiger partial charge in [-0.25, -0.2) is 0 Å².